The average Bonchev–Trinajstić information content (AvgIpc) is 2.37. The number of hydrogen-bond acceptors (Lipinski definition) is 3. The molecule has 1 aromatic carbocycles. The average molecular weight is 274 g/mol. The Morgan fingerprint density at radius 1 is 1.56 bits per heavy atom. The van der Waals surface area contributed by atoms with Crippen molar-refractivity contribution in [2.24, 2.45) is 10.9 Å². The number of hydrogen-bond donors (Lipinski definition) is 2. The summed E-state index contributed by atoms with van der Waals surface area (Å²) in [5, 5.41) is 11.9. The summed E-state index contributed by atoms with van der Waals surface area (Å²) in [6.45, 7) is 3.75. The maximum Gasteiger partial charge on any atom is 0.140 e. The van der Waals surface area contributed by atoms with Crippen LogP contribution in [-0.2, 0) is 6.54 Å². The number of amidine groups is 1. The maximum absolute atomic E-state index is 13.6. The first-order valence-corrected chi connectivity index (χ1v) is 6.07. The minimum Gasteiger partial charge on any atom is -0.409 e. The van der Waals surface area contributed by atoms with Crippen LogP contribution in [0.4, 0.5) is 4.39 Å². The van der Waals surface area contributed by atoms with Crippen LogP contribution in [0.15, 0.2) is 23.4 Å². The summed E-state index contributed by atoms with van der Waals surface area (Å²) in [6, 6.07) is 4.49. The van der Waals surface area contributed by atoms with Gasteiger partial charge in [-0.05, 0) is 24.7 Å². The second kappa shape index (κ2) is 7.18. The third-order valence-electron chi connectivity index (χ3n) is 2.66. The Morgan fingerprint density at radius 3 is 2.89 bits per heavy atom. The summed E-state index contributed by atoms with van der Waals surface area (Å²) in [4.78, 5) is 1.99. The Bertz CT molecular complexity index is 426. The van der Waals surface area contributed by atoms with Crippen molar-refractivity contribution in [2.75, 3.05) is 13.1 Å². The zero-order chi connectivity index (χ0) is 13.5. The first-order valence-electron chi connectivity index (χ1n) is 5.69. The minimum absolute atomic E-state index is 0.167. The van der Waals surface area contributed by atoms with Gasteiger partial charge in [0.25, 0.3) is 0 Å². The molecule has 0 radical (unpaired) electrons. The van der Waals surface area contributed by atoms with Gasteiger partial charge >= 0.3 is 0 Å². The van der Waals surface area contributed by atoms with Gasteiger partial charge in [-0.15, -0.1) is 0 Å². The summed E-state index contributed by atoms with van der Waals surface area (Å²) in [5.41, 5.74) is 5.95. The highest BCUT2D eigenvalue weighted by atomic mass is 35.5. The van der Waals surface area contributed by atoms with E-state index in [-0.39, 0.29) is 11.7 Å². The molecule has 1 aromatic rings. The Kier molecular flexibility index (Phi) is 5.88. The van der Waals surface area contributed by atoms with Crippen molar-refractivity contribution < 1.29 is 9.60 Å². The maximum atomic E-state index is 13.6. The molecule has 0 unspecified atom stereocenters. The number of rotatable bonds is 6. The molecule has 6 heteroatoms. The van der Waals surface area contributed by atoms with Crippen LogP contribution >= 0.6 is 11.6 Å². The van der Waals surface area contributed by atoms with Gasteiger partial charge in [0.2, 0.25) is 0 Å². The van der Waals surface area contributed by atoms with Crippen LogP contribution < -0.4 is 5.73 Å². The van der Waals surface area contributed by atoms with E-state index in [0.29, 0.717) is 30.1 Å². The molecule has 0 aliphatic carbocycles. The summed E-state index contributed by atoms with van der Waals surface area (Å²) in [6.07, 6.45) is 0.437. The van der Waals surface area contributed by atoms with Crippen molar-refractivity contribution in [3.8, 4) is 0 Å². The molecule has 3 N–H and O–H groups in total. The van der Waals surface area contributed by atoms with Gasteiger partial charge in [0, 0.05) is 30.1 Å². The Hall–Kier alpha value is -1.33. The highest BCUT2D eigenvalue weighted by Gasteiger charge is 2.09. The molecule has 18 heavy (non-hydrogen) atoms. The van der Waals surface area contributed by atoms with Crippen LogP contribution in [0.25, 0.3) is 0 Å². The fraction of sp³-hybridized carbons (Fsp3) is 0.417. The smallest absolute Gasteiger partial charge is 0.140 e. The summed E-state index contributed by atoms with van der Waals surface area (Å²) < 4.78 is 13.6. The number of oxime groups is 1. The topological polar surface area (TPSA) is 61.8 Å². The molecule has 0 bridgehead atoms. The lowest BCUT2D eigenvalue weighted by molar-refractivity contribution is 0.279. The Balaban J connectivity index is 2.65. The molecule has 0 amide bonds. The van der Waals surface area contributed by atoms with Gasteiger partial charge in [0.15, 0.2) is 0 Å². The molecule has 0 saturated carbocycles. The molecule has 0 spiro atoms. The minimum atomic E-state index is -0.276. The van der Waals surface area contributed by atoms with E-state index in [9.17, 15) is 4.39 Å². The first kappa shape index (κ1) is 14.7. The molecule has 0 aromatic heterocycles. The molecule has 100 valence electrons. The van der Waals surface area contributed by atoms with Crippen LogP contribution in [0.5, 0.6) is 0 Å². The highest BCUT2D eigenvalue weighted by Crippen LogP contribution is 2.16. The number of halogens is 2. The summed E-state index contributed by atoms with van der Waals surface area (Å²) in [5.74, 6) is -0.110. The summed E-state index contributed by atoms with van der Waals surface area (Å²) in [7, 11) is 0. The van der Waals surface area contributed by atoms with Crippen molar-refractivity contribution in [2.45, 2.75) is 19.9 Å². The van der Waals surface area contributed by atoms with E-state index in [1.165, 1.54) is 12.1 Å². The van der Waals surface area contributed by atoms with Gasteiger partial charge < -0.3 is 10.9 Å². The van der Waals surface area contributed by atoms with E-state index >= 15 is 0 Å². The van der Waals surface area contributed by atoms with Crippen LogP contribution in [0.1, 0.15) is 18.9 Å². The highest BCUT2D eigenvalue weighted by molar-refractivity contribution is 6.30. The molecule has 0 atom stereocenters. The van der Waals surface area contributed by atoms with E-state index in [0.717, 1.165) is 6.54 Å². The van der Waals surface area contributed by atoms with Crippen molar-refractivity contribution in [1.29, 1.82) is 0 Å². The number of nitrogens with two attached hydrogens (primary N) is 1. The fourth-order valence-electron chi connectivity index (χ4n) is 1.58. The lowest BCUT2D eigenvalue weighted by atomic mass is 10.2. The predicted octanol–water partition coefficient (Wildman–Crippen LogP) is 2.44. The third-order valence-corrected chi connectivity index (χ3v) is 2.90. The van der Waals surface area contributed by atoms with Gasteiger partial charge in [-0.3, -0.25) is 4.90 Å². The lowest BCUT2D eigenvalue weighted by Gasteiger charge is -2.20. The van der Waals surface area contributed by atoms with Crippen LogP contribution in [0, 0.1) is 5.82 Å². The normalized spacial score (nSPS) is 12.1. The molecule has 0 aliphatic heterocycles. The van der Waals surface area contributed by atoms with E-state index in [2.05, 4.69) is 5.16 Å². The van der Waals surface area contributed by atoms with Gasteiger partial charge in [-0.2, -0.15) is 0 Å². The van der Waals surface area contributed by atoms with Crippen molar-refractivity contribution in [3.05, 3.63) is 34.6 Å². The molecule has 4 nitrogen and oxygen atoms in total. The van der Waals surface area contributed by atoms with Crippen molar-refractivity contribution >= 4 is 17.4 Å². The predicted molar refractivity (Wildman–Crippen MR) is 70.4 cm³/mol. The Morgan fingerprint density at radius 2 is 2.28 bits per heavy atom. The largest absolute Gasteiger partial charge is 0.409 e. The van der Waals surface area contributed by atoms with Gasteiger partial charge in [-0.1, -0.05) is 23.7 Å². The SMILES string of the molecule is CCN(CC/C(N)=N/O)Cc1cc(Cl)ccc1F. The molecule has 1 rings (SSSR count). The van der Waals surface area contributed by atoms with E-state index < -0.39 is 0 Å². The van der Waals surface area contributed by atoms with E-state index in [1.807, 2.05) is 11.8 Å². The first-order chi connectivity index (χ1) is 8.56. The van der Waals surface area contributed by atoms with E-state index in [4.69, 9.17) is 22.5 Å². The van der Waals surface area contributed by atoms with Crippen molar-refractivity contribution in [3.63, 3.8) is 0 Å². The zero-order valence-corrected chi connectivity index (χ0v) is 11.0. The van der Waals surface area contributed by atoms with Gasteiger partial charge in [0.05, 0.1) is 0 Å². The second-order valence-electron chi connectivity index (χ2n) is 3.95. The molecule has 0 aliphatic rings. The number of nitrogens with zero attached hydrogens (tertiary/aromatic N) is 2. The molecular weight excluding hydrogens is 257 g/mol. The monoisotopic (exact) mass is 273 g/mol. The second-order valence-corrected chi connectivity index (χ2v) is 4.38. The quantitative estimate of drug-likeness (QED) is 0.362. The zero-order valence-electron chi connectivity index (χ0n) is 10.2. The molecule has 0 fully saturated rings. The lowest BCUT2D eigenvalue weighted by Crippen LogP contribution is -2.28. The molecular formula is C12H17ClFN3O. The van der Waals surface area contributed by atoms with Crippen LogP contribution in [0.3, 0.4) is 0 Å². The van der Waals surface area contributed by atoms with Gasteiger partial charge in [-0.25, -0.2) is 4.39 Å². The van der Waals surface area contributed by atoms with Crippen LogP contribution in [-0.4, -0.2) is 29.0 Å². The van der Waals surface area contributed by atoms with E-state index in [1.54, 1.807) is 6.07 Å². The van der Waals surface area contributed by atoms with Gasteiger partial charge in [0.1, 0.15) is 11.7 Å². The molecule has 0 saturated heterocycles. The summed E-state index contributed by atoms with van der Waals surface area (Å²) >= 11 is 5.84. The third kappa shape index (κ3) is 4.50. The Labute approximate surface area is 111 Å². The van der Waals surface area contributed by atoms with Crippen molar-refractivity contribution in [1.82, 2.24) is 4.90 Å². The van der Waals surface area contributed by atoms with Crippen LogP contribution in [0.2, 0.25) is 5.02 Å². The fourth-order valence-corrected chi connectivity index (χ4v) is 1.77. The number of benzene rings is 1. The standard InChI is InChI=1S/C12H17ClFN3O/c1-2-17(6-5-12(15)16-18)8-9-7-10(13)3-4-11(9)14/h3-4,7,18H,2,5-6,8H2,1H3,(H2,15,16). The molecule has 0 heterocycles.